The molecule has 4 nitrogen and oxygen atoms in total. The summed E-state index contributed by atoms with van der Waals surface area (Å²) >= 11 is 0. The van der Waals surface area contributed by atoms with E-state index >= 15 is 0 Å². The van der Waals surface area contributed by atoms with Crippen molar-refractivity contribution in [1.82, 2.24) is 5.32 Å². The minimum atomic E-state index is -0.466. The van der Waals surface area contributed by atoms with Crippen molar-refractivity contribution in [2.45, 2.75) is 26.8 Å². The molecule has 0 aliphatic heterocycles. The van der Waals surface area contributed by atoms with Crippen LogP contribution in [0.25, 0.3) is 0 Å². The van der Waals surface area contributed by atoms with Gasteiger partial charge >= 0.3 is 0 Å². The number of amides is 1. The molecule has 0 fully saturated rings. The predicted octanol–water partition coefficient (Wildman–Crippen LogP) is 4.35. The lowest BCUT2D eigenvalue weighted by atomic mass is 10.1. The summed E-state index contributed by atoms with van der Waals surface area (Å²) in [6.45, 7) is 6.35. The molecule has 2 aromatic rings. The van der Waals surface area contributed by atoms with E-state index in [9.17, 15) is 9.18 Å². The van der Waals surface area contributed by atoms with E-state index in [1.807, 2.05) is 51.1 Å². The standard InChI is InChI=1S/C20H23FN2O2/c1-14(2)13-25-20(22-15(3)16-8-5-4-6-9-16)23-19(24)17-10-7-11-18(21)12-17/h4-12,14-15H,13H2,1-3H3,(H,22,23,24)/t15-/m1/s1. The second-order valence-electron chi connectivity index (χ2n) is 6.19. The summed E-state index contributed by atoms with van der Waals surface area (Å²) in [5, 5.41) is 2.64. The van der Waals surface area contributed by atoms with Gasteiger partial charge in [0.2, 0.25) is 0 Å². The normalized spacial score (nSPS) is 12.8. The van der Waals surface area contributed by atoms with E-state index in [4.69, 9.17) is 4.74 Å². The van der Waals surface area contributed by atoms with Crippen LogP contribution in [0.3, 0.4) is 0 Å². The SMILES string of the molecule is CC(C)COC(=N[C@H](C)c1ccccc1)NC(=O)c1cccc(F)c1. The Balaban J connectivity index is 2.17. The number of halogens is 1. The first-order chi connectivity index (χ1) is 12.0. The number of nitrogens with one attached hydrogen (secondary N) is 1. The molecule has 0 radical (unpaired) electrons. The summed E-state index contributed by atoms with van der Waals surface area (Å²) in [6.07, 6.45) is 0. The van der Waals surface area contributed by atoms with Gasteiger partial charge in [-0.15, -0.1) is 0 Å². The van der Waals surface area contributed by atoms with E-state index in [0.29, 0.717) is 6.61 Å². The highest BCUT2D eigenvalue weighted by Crippen LogP contribution is 2.16. The molecule has 0 unspecified atom stereocenters. The van der Waals surface area contributed by atoms with Crippen LogP contribution in [0.4, 0.5) is 4.39 Å². The van der Waals surface area contributed by atoms with Crippen molar-refractivity contribution in [2.75, 3.05) is 6.61 Å². The second kappa shape index (κ2) is 8.97. The van der Waals surface area contributed by atoms with E-state index in [-0.39, 0.29) is 23.5 Å². The first-order valence-electron chi connectivity index (χ1n) is 8.28. The third-order valence-corrected chi connectivity index (χ3v) is 3.45. The average Bonchev–Trinajstić information content (AvgIpc) is 2.60. The lowest BCUT2D eigenvalue weighted by Crippen LogP contribution is -2.33. The summed E-state index contributed by atoms with van der Waals surface area (Å²) in [6, 6.07) is 15.2. The van der Waals surface area contributed by atoms with Gasteiger partial charge in [0.15, 0.2) is 0 Å². The van der Waals surface area contributed by atoms with Gasteiger partial charge in [-0.1, -0.05) is 50.2 Å². The van der Waals surface area contributed by atoms with Gasteiger partial charge in [0.05, 0.1) is 12.6 Å². The molecule has 0 aromatic heterocycles. The van der Waals surface area contributed by atoms with Gasteiger partial charge in [-0.2, -0.15) is 0 Å². The molecule has 0 heterocycles. The molecule has 132 valence electrons. The van der Waals surface area contributed by atoms with Gasteiger partial charge in [-0.05, 0) is 36.6 Å². The average molecular weight is 342 g/mol. The van der Waals surface area contributed by atoms with Crippen LogP contribution < -0.4 is 5.32 Å². The van der Waals surface area contributed by atoms with Crippen LogP contribution in [-0.2, 0) is 4.74 Å². The zero-order valence-corrected chi connectivity index (χ0v) is 14.7. The minimum absolute atomic E-state index is 0.138. The number of benzene rings is 2. The van der Waals surface area contributed by atoms with Gasteiger partial charge in [-0.25, -0.2) is 9.38 Å². The summed E-state index contributed by atoms with van der Waals surface area (Å²) in [5.41, 5.74) is 1.22. The van der Waals surface area contributed by atoms with Gasteiger partial charge in [0.25, 0.3) is 11.9 Å². The Morgan fingerprint density at radius 3 is 2.48 bits per heavy atom. The van der Waals surface area contributed by atoms with Gasteiger partial charge < -0.3 is 4.74 Å². The maximum atomic E-state index is 13.3. The van der Waals surface area contributed by atoms with Crippen molar-refractivity contribution in [2.24, 2.45) is 10.9 Å². The van der Waals surface area contributed by atoms with Crippen molar-refractivity contribution in [3.63, 3.8) is 0 Å². The third-order valence-electron chi connectivity index (χ3n) is 3.45. The number of carbonyl (C=O) groups excluding carboxylic acids is 1. The summed E-state index contributed by atoms with van der Waals surface area (Å²) in [7, 11) is 0. The smallest absolute Gasteiger partial charge is 0.292 e. The number of hydrogen-bond donors (Lipinski definition) is 1. The first-order valence-corrected chi connectivity index (χ1v) is 8.28. The maximum Gasteiger partial charge on any atom is 0.292 e. The minimum Gasteiger partial charge on any atom is -0.465 e. The molecule has 1 N–H and O–H groups in total. The molecule has 5 heteroatoms. The van der Waals surface area contributed by atoms with Crippen LogP contribution >= 0.6 is 0 Å². The largest absolute Gasteiger partial charge is 0.465 e. The predicted molar refractivity (Wildman–Crippen MR) is 96.9 cm³/mol. The summed E-state index contributed by atoms with van der Waals surface area (Å²) < 4.78 is 19.0. The van der Waals surface area contributed by atoms with E-state index in [2.05, 4.69) is 10.3 Å². The number of carbonyl (C=O) groups is 1. The molecule has 1 atom stereocenters. The zero-order valence-electron chi connectivity index (χ0n) is 14.7. The van der Waals surface area contributed by atoms with Crippen LogP contribution in [0.15, 0.2) is 59.6 Å². The number of hydrogen-bond acceptors (Lipinski definition) is 3. The number of rotatable bonds is 5. The molecule has 25 heavy (non-hydrogen) atoms. The van der Waals surface area contributed by atoms with Gasteiger partial charge in [-0.3, -0.25) is 10.1 Å². The molecule has 2 aromatic carbocycles. The Morgan fingerprint density at radius 2 is 1.84 bits per heavy atom. The fourth-order valence-corrected chi connectivity index (χ4v) is 2.13. The topological polar surface area (TPSA) is 50.7 Å². The van der Waals surface area contributed by atoms with Crippen LogP contribution in [0.1, 0.15) is 42.7 Å². The Kier molecular flexibility index (Phi) is 6.69. The molecule has 0 saturated carbocycles. The quantitative estimate of drug-likeness (QED) is 0.649. The Morgan fingerprint density at radius 1 is 1.12 bits per heavy atom. The van der Waals surface area contributed by atoms with E-state index in [1.54, 1.807) is 6.07 Å². The van der Waals surface area contributed by atoms with Gasteiger partial charge in [0, 0.05) is 5.56 Å². The molecule has 2 rings (SSSR count). The van der Waals surface area contributed by atoms with Crippen LogP contribution in [0.2, 0.25) is 0 Å². The van der Waals surface area contributed by atoms with Crippen molar-refractivity contribution in [1.29, 1.82) is 0 Å². The molecule has 1 amide bonds. The van der Waals surface area contributed by atoms with E-state index in [0.717, 1.165) is 5.56 Å². The fourth-order valence-electron chi connectivity index (χ4n) is 2.13. The summed E-state index contributed by atoms with van der Waals surface area (Å²) in [5.74, 6) is -0.641. The highest BCUT2D eigenvalue weighted by Gasteiger charge is 2.13. The lowest BCUT2D eigenvalue weighted by Gasteiger charge is -2.15. The number of aliphatic imine (C=N–C) groups is 1. The van der Waals surface area contributed by atoms with Gasteiger partial charge in [0.1, 0.15) is 5.82 Å². The van der Waals surface area contributed by atoms with E-state index < -0.39 is 11.7 Å². The van der Waals surface area contributed by atoms with Crippen LogP contribution in [0.5, 0.6) is 0 Å². The van der Waals surface area contributed by atoms with E-state index in [1.165, 1.54) is 18.2 Å². The molecule has 0 aliphatic carbocycles. The molecule has 0 aliphatic rings. The lowest BCUT2D eigenvalue weighted by molar-refractivity contribution is 0.0962. The molecule has 0 bridgehead atoms. The number of amidine groups is 1. The van der Waals surface area contributed by atoms with Crippen LogP contribution in [-0.4, -0.2) is 18.5 Å². The molecule has 0 saturated heterocycles. The summed E-state index contributed by atoms with van der Waals surface area (Å²) in [4.78, 5) is 16.8. The molecule has 0 spiro atoms. The van der Waals surface area contributed by atoms with Crippen molar-refractivity contribution in [3.8, 4) is 0 Å². The second-order valence-corrected chi connectivity index (χ2v) is 6.19. The highest BCUT2D eigenvalue weighted by atomic mass is 19.1. The third kappa shape index (κ3) is 6.03. The number of ether oxygens (including phenoxy) is 1. The fraction of sp³-hybridized carbons (Fsp3) is 0.300. The molecular formula is C20H23FN2O2. The zero-order chi connectivity index (χ0) is 18.2. The Hall–Kier alpha value is -2.69. The van der Waals surface area contributed by atoms with Crippen LogP contribution in [0, 0.1) is 11.7 Å². The van der Waals surface area contributed by atoms with Crippen molar-refractivity contribution < 1.29 is 13.9 Å². The Bertz CT molecular complexity index is 729. The Labute approximate surface area is 147 Å². The highest BCUT2D eigenvalue weighted by molar-refractivity contribution is 6.04. The van der Waals surface area contributed by atoms with Crippen molar-refractivity contribution in [3.05, 3.63) is 71.5 Å². The first kappa shape index (κ1) is 18.6. The monoisotopic (exact) mass is 342 g/mol. The van der Waals surface area contributed by atoms with Crippen molar-refractivity contribution >= 4 is 11.9 Å². The number of nitrogens with zero attached hydrogens (tertiary/aromatic N) is 1. The maximum absolute atomic E-state index is 13.3. The molecular weight excluding hydrogens is 319 g/mol.